The molecule has 0 aromatic heterocycles. The van der Waals surface area contributed by atoms with E-state index in [2.05, 4.69) is 20.7 Å². The highest BCUT2D eigenvalue weighted by molar-refractivity contribution is 9.10. The molecule has 0 aliphatic carbocycles. The van der Waals surface area contributed by atoms with Crippen molar-refractivity contribution in [3.63, 3.8) is 0 Å². The number of esters is 1. The first-order valence-electron chi connectivity index (χ1n) is 4.72. The largest absolute Gasteiger partial charge is 0.469 e. The number of benzene rings is 1. The van der Waals surface area contributed by atoms with E-state index in [4.69, 9.17) is 4.74 Å². The third-order valence-corrected chi connectivity index (χ3v) is 2.84. The van der Waals surface area contributed by atoms with Gasteiger partial charge in [-0.25, -0.2) is 4.39 Å². The predicted octanol–water partition coefficient (Wildman–Crippen LogP) is 2.86. The van der Waals surface area contributed by atoms with E-state index in [0.29, 0.717) is 12.2 Å². The van der Waals surface area contributed by atoms with Crippen LogP contribution in [0.25, 0.3) is 0 Å². The molecule has 88 valence electrons. The van der Waals surface area contributed by atoms with E-state index in [1.54, 1.807) is 12.1 Å². The van der Waals surface area contributed by atoms with Crippen molar-refractivity contribution in [2.75, 3.05) is 14.0 Å². The lowest BCUT2D eigenvalue weighted by molar-refractivity contribution is -0.140. The minimum Gasteiger partial charge on any atom is -0.469 e. The monoisotopic (exact) mass is 290 g/mol. The molecule has 0 radical (unpaired) electrons. The summed E-state index contributed by atoms with van der Waals surface area (Å²) >= 11 is 3.33. The standard InChI is InChI=1S/C11H12BrFO3/c1-15-11(14)6-5-8-9(12)3-2-4-10(8)16-7-13/h2-4H,5-7H2,1H3. The second kappa shape index (κ2) is 6.48. The van der Waals surface area contributed by atoms with Crippen LogP contribution >= 0.6 is 15.9 Å². The summed E-state index contributed by atoms with van der Waals surface area (Å²) in [5.41, 5.74) is 0.769. The maximum absolute atomic E-state index is 12.1. The van der Waals surface area contributed by atoms with Crippen molar-refractivity contribution in [3.8, 4) is 5.75 Å². The zero-order chi connectivity index (χ0) is 12.0. The van der Waals surface area contributed by atoms with Crippen molar-refractivity contribution in [2.45, 2.75) is 12.8 Å². The minimum absolute atomic E-state index is 0.238. The van der Waals surface area contributed by atoms with Crippen LogP contribution in [-0.2, 0) is 16.0 Å². The summed E-state index contributed by atoms with van der Waals surface area (Å²) in [5.74, 6) is 0.141. The smallest absolute Gasteiger partial charge is 0.305 e. The van der Waals surface area contributed by atoms with Crippen molar-refractivity contribution in [3.05, 3.63) is 28.2 Å². The number of methoxy groups -OCH3 is 1. The van der Waals surface area contributed by atoms with Crippen molar-refractivity contribution < 1.29 is 18.7 Å². The van der Waals surface area contributed by atoms with Gasteiger partial charge in [0.05, 0.1) is 7.11 Å². The lowest BCUT2D eigenvalue weighted by Crippen LogP contribution is -2.04. The second-order valence-corrected chi connectivity index (χ2v) is 3.90. The van der Waals surface area contributed by atoms with E-state index in [-0.39, 0.29) is 12.4 Å². The van der Waals surface area contributed by atoms with Crippen LogP contribution in [0.2, 0.25) is 0 Å². The Balaban J connectivity index is 2.79. The van der Waals surface area contributed by atoms with Crippen molar-refractivity contribution >= 4 is 21.9 Å². The normalized spacial score (nSPS) is 9.94. The molecule has 0 N–H and O–H groups in total. The molecular formula is C11H12BrFO3. The summed E-state index contributed by atoms with van der Waals surface area (Å²) < 4.78 is 22.3. The Kier molecular flexibility index (Phi) is 5.25. The number of alkyl halides is 1. The van der Waals surface area contributed by atoms with E-state index in [0.717, 1.165) is 10.0 Å². The average molecular weight is 291 g/mol. The van der Waals surface area contributed by atoms with Gasteiger partial charge in [0.1, 0.15) is 5.75 Å². The molecule has 0 aliphatic heterocycles. The highest BCUT2D eigenvalue weighted by Crippen LogP contribution is 2.28. The quantitative estimate of drug-likeness (QED) is 0.783. The van der Waals surface area contributed by atoms with E-state index in [1.165, 1.54) is 7.11 Å². The molecule has 0 unspecified atom stereocenters. The van der Waals surface area contributed by atoms with Gasteiger partial charge < -0.3 is 9.47 Å². The Morgan fingerprint density at radius 2 is 2.25 bits per heavy atom. The minimum atomic E-state index is -0.887. The number of carbonyl (C=O) groups is 1. The summed E-state index contributed by atoms with van der Waals surface area (Å²) in [6, 6.07) is 5.23. The molecule has 0 fully saturated rings. The lowest BCUT2D eigenvalue weighted by Gasteiger charge is -2.10. The summed E-state index contributed by atoms with van der Waals surface area (Å²) in [5, 5.41) is 0. The molecule has 0 saturated carbocycles. The van der Waals surface area contributed by atoms with E-state index < -0.39 is 6.86 Å². The van der Waals surface area contributed by atoms with Crippen LogP contribution in [0, 0.1) is 0 Å². The molecule has 0 bridgehead atoms. The molecule has 16 heavy (non-hydrogen) atoms. The number of hydrogen-bond donors (Lipinski definition) is 0. The Bertz CT molecular complexity index is 368. The van der Waals surface area contributed by atoms with Gasteiger partial charge in [-0.3, -0.25) is 4.79 Å². The fourth-order valence-corrected chi connectivity index (χ4v) is 1.85. The van der Waals surface area contributed by atoms with Crippen LogP contribution in [0.5, 0.6) is 5.75 Å². The number of ether oxygens (including phenoxy) is 2. The molecule has 0 saturated heterocycles. The molecule has 3 nitrogen and oxygen atoms in total. The first-order chi connectivity index (χ1) is 7.69. The Morgan fingerprint density at radius 1 is 1.50 bits per heavy atom. The fraction of sp³-hybridized carbons (Fsp3) is 0.364. The van der Waals surface area contributed by atoms with Gasteiger partial charge in [0.2, 0.25) is 6.86 Å². The maximum atomic E-state index is 12.1. The van der Waals surface area contributed by atoms with Gasteiger partial charge in [-0.1, -0.05) is 22.0 Å². The predicted molar refractivity (Wildman–Crippen MR) is 61.1 cm³/mol. The van der Waals surface area contributed by atoms with Crippen LogP contribution < -0.4 is 4.74 Å². The Morgan fingerprint density at radius 3 is 2.88 bits per heavy atom. The molecule has 1 rings (SSSR count). The van der Waals surface area contributed by atoms with Crippen LogP contribution in [0.1, 0.15) is 12.0 Å². The lowest BCUT2D eigenvalue weighted by atomic mass is 10.1. The summed E-state index contributed by atoms with van der Waals surface area (Å²) in [7, 11) is 1.33. The molecule has 0 spiro atoms. The number of halogens is 2. The van der Waals surface area contributed by atoms with Gasteiger partial charge in [0, 0.05) is 16.5 Å². The van der Waals surface area contributed by atoms with Gasteiger partial charge in [0.15, 0.2) is 0 Å². The number of carbonyl (C=O) groups excluding carboxylic acids is 1. The van der Waals surface area contributed by atoms with Crippen molar-refractivity contribution in [2.24, 2.45) is 0 Å². The van der Waals surface area contributed by atoms with Crippen LogP contribution in [0.3, 0.4) is 0 Å². The zero-order valence-electron chi connectivity index (χ0n) is 8.83. The van der Waals surface area contributed by atoms with Gasteiger partial charge >= 0.3 is 5.97 Å². The SMILES string of the molecule is COC(=O)CCc1c(Br)cccc1OCF. The fourth-order valence-electron chi connectivity index (χ4n) is 1.30. The first kappa shape index (κ1) is 13.0. The number of hydrogen-bond acceptors (Lipinski definition) is 3. The second-order valence-electron chi connectivity index (χ2n) is 3.05. The van der Waals surface area contributed by atoms with Crippen molar-refractivity contribution in [1.82, 2.24) is 0 Å². The molecule has 0 amide bonds. The molecule has 1 aromatic carbocycles. The highest BCUT2D eigenvalue weighted by atomic mass is 79.9. The maximum Gasteiger partial charge on any atom is 0.305 e. The van der Waals surface area contributed by atoms with Crippen LogP contribution in [-0.4, -0.2) is 19.9 Å². The Hall–Kier alpha value is -1.10. The Labute approximate surface area is 102 Å². The zero-order valence-corrected chi connectivity index (χ0v) is 10.4. The van der Waals surface area contributed by atoms with E-state index >= 15 is 0 Å². The van der Waals surface area contributed by atoms with E-state index in [9.17, 15) is 9.18 Å². The van der Waals surface area contributed by atoms with Gasteiger partial charge in [-0.2, -0.15) is 0 Å². The highest BCUT2D eigenvalue weighted by Gasteiger charge is 2.10. The molecule has 0 aliphatic rings. The first-order valence-corrected chi connectivity index (χ1v) is 5.51. The summed E-state index contributed by atoms with van der Waals surface area (Å²) in [6.07, 6.45) is 0.686. The molecule has 0 atom stereocenters. The van der Waals surface area contributed by atoms with Crippen LogP contribution in [0.15, 0.2) is 22.7 Å². The summed E-state index contributed by atoms with van der Waals surface area (Å²) in [6.45, 7) is -0.887. The third kappa shape index (κ3) is 3.48. The molecular weight excluding hydrogens is 279 g/mol. The third-order valence-electron chi connectivity index (χ3n) is 2.09. The summed E-state index contributed by atoms with van der Waals surface area (Å²) in [4.78, 5) is 11.0. The van der Waals surface area contributed by atoms with Crippen molar-refractivity contribution in [1.29, 1.82) is 0 Å². The van der Waals surface area contributed by atoms with Crippen LogP contribution in [0.4, 0.5) is 4.39 Å². The molecule has 1 aromatic rings. The average Bonchev–Trinajstić information content (AvgIpc) is 2.28. The molecule has 0 heterocycles. The van der Waals surface area contributed by atoms with Gasteiger partial charge in [0.25, 0.3) is 0 Å². The van der Waals surface area contributed by atoms with E-state index in [1.807, 2.05) is 6.07 Å². The topological polar surface area (TPSA) is 35.5 Å². The van der Waals surface area contributed by atoms with Gasteiger partial charge in [-0.05, 0) is 18.6 Å². The van der Waals surface area contributed by atoms with Gasteiger partial charge in [-0.15, -0.1) is 0 Å². The number of rotatable bonds is 5. The molecule has 5 heteroatoms.